The Hall–Kier alpha value is -1.85. The molecule has 0 heterocycles. The average molecular weight is 392 g/mol. The zero-order valence-corrected chi connectivity index (χ0v) is 16.5. The number of benzene rings is 2. The van der Waals surface area contributed by atoms with Crippen molar-refractivity contribution in [2.75, 3.05) is 11.9 Å². The molecule has 0 atom stereocenters. The van der Waals surface area contributed by atoms with Gasteiger partial charge in [0.15, 0.2) is 14.6 Å². The third-order valence-electron chi connectivity index (χ3n) is 5.17. The summed E-state index contributed by atoms with van der Waals surface area (Å²) >= 11 is 5.89. The SMILES string of the molecule is Cc1ccc(N(C)C(=O)C2(S(=O)(=O)c3ccc(Cl)cc3)CCCC2)cc1. The lowest BCUT2D eigenvalue weighted by Gasteiger charge is -2.32. The first-order valence-corrected chi connectivity index (χ1v) is 10.5. The van der Waals surface area contributed by atoms with E-state index in [2.05, 4.69) is 0 Å². The molecule has 1 fully saturated rings. The van der Waals surface area contributed by atoms with Gasteiger partial charge in [-0.05, 0) is 56.2 Å². The van der Waals surface area contributed by atoms with Crippen LogP contribution in [0.1, 0.15) is 31.2 Å². The Kier molecular flexibility index (Phi) is 5.13. The Morgan fingerprint density at radius 3 is 2.08 bits per heavy atom. The van der Waals surface area contributed by atoms with Crippen molar-refractivity contribution in [3.63, 3.8) is 0 Å². The molecule has 0 aromatic heterocycles. The number of rotatable bonds is 4. The molecular formula is C20H22ClNO3S. The molecule has 0 unspecified atom stereocenters. The first-order valence-electron chi connectivity index (χ1n) is 8.63. The summed E-state index contributed by atoms with van der Waals surface area (Å²) in [4.78, 5) is 15.0. The highest BCUT2D eigenvalue weighted by atomic mass is 35.5. The molecule has 0 bridgehead atoms. The number of halogens is 1. The molecule has 1 amide bonds. The van der Waals surface area contributed by atoms with Crippen LogP contribution in [0.3, 0.4) is 0 Å². The van der Waals surface area contributed by atoms with Gasteiger partial charge in [0.1, 0.15) is 0 Å². The number of aryl methyl sites for hydroxylation is 1. The van der Waals surface area contributed by atoms with E-state index in [0.717, 1.165) is 18.4 Å². The van der Waals surface area contributed by atoms with Crippen molar-refractivity contribution in [1.29, 1.82) is 0 Å². The molecule has 2 aromatic carbocycles. The molecule has 138 valence electrons. The van der Waals surface area contributed by atoms with Crippen LogP contribution in [-0.2, 0) is 14.6 Å². The monoisotopic (exact) mass is 391 g/mol. The van der Waals surface area contributed by atoms with Gasteiger partial charge in [-0.25, -0.2) is 8.42 Å². The number of carbonyl (C=O) groups is 1. The Balaban J connectivity index is 2.03. The van der Waals surface area contributed by atoms with Crippen LogP contribution in [0.15, 0.2) is 53.4 Å². The van der Waals surface area contributed by atoms with E-state index in [0.29, 0.717) is 23.6 Å². The van der Waals surface area contributed by atoms with Crippen LogP contribution in [0.5, 0.6) is 0 Å². The van der Waals surface area contributed by atoms with Gasteiger partial charge in [-0.3, -0.25) is 4.79 Å². The van der Waals surface area contributed by atoms with Crippen LogP contribution in [-0.4, -0.2) is 26.1 Å². The molecule has 1 aliphatic carbocycles. The van der Waals surface area contributed by atoms with Crippen molar-refractivity contribution >= 4 is 33.0 Å². The van der Waals surface area contributed by atoms with E-state index in [4.69, 9.17) is 11.6 Å². The third kappa shape index (κ3) is 3.14. The number of amides is 1. The number of hydrogen-bond donors (Lipinski definition) is 0. The molecule has 0 saturated heterocycles. The van der Waals surface area contributed by atoms with Crippen LogP contribution < -0.4 is 4.90 Å². The summed E-state index contributed by atoms with van der Waals surface area (Å²) in [6, 6.07) is 13.6. The zero-order valence-electron chi connectivity index (χ0n) is 14.9. The molecule has 0 N–H and O–H groups in total. The standard InChI is InChI=1S/C20H22ClNO3S/c1-15-5-9-17(10-6-15)22(2)19(23)20(13-3-4-14-20)26(24,25)18-11-7-16(21)8-12-18/h5-12H,3-4,13-14H2,1-2H3. The molecular weight excluding hydrogens is 370 g/mol. The van der Waals surface area contributed by atoms with Crippen molar-refractivity contribution < 1.29 is 13.2 Å². The fraction of sp³-hybridized carbons (Fsp3) is 0.350. The molecule has 0 aliphatic heterocycles. The predicted octanol–water partition coefficient (Wildman–Crippen LogP) is 4.40. The van der Waals surface area contributed by atoms with Crippen molar-refractivity contribution in [3.8, 4) is 0 Å². The Labute approximate surface area is 159 Å². The number of sulfone groups is 1. The molecule has 1 saturated carbocycles. The smallest absolute Gasteiger partial charge is 0.248 e. The van der Waals surface area contributed by atoms with Gasteiger partial charge in [-0.2, -0.15) is 0 Å². The van der Waals surface area contributed by atoms with Gasteiger partial charge in [0.05, 0.1) is 4.90 Å². The Morgan fingerprint density at radius 2 is 1.54 bits per heavy atom. The second kappa shape index (κ2) is 7.05. The van der Waals surface area contributed by atoms with E-state index in [-0.39, 0.29) is 10.8 Å². The first-order chi connectivity index (χ1) is 12.3. The molecule has 26 heavy (non-hydrogen) atoms. The zero-order chi connectivity index (χ0) is 18.9. The average Bonchev–Trinajstić information content (AvgIpc) is 3.13. The van der Waals surface area contributed by atoms with Crippen LogP contribution >= 0.6 is 11.6 Å². The molecule has 6 heteroatoms. The molecule has 0 radical (unpaired) electrons. The van der Waals surface area contributed by atoms with Crippen molar-refractivity contribution in [2.45, 2.75) is 42.2 Å². The highest BCUT2D eigenvalue weighted by Crippen LogP contribution is 2.42. The predicted molar refractivity (Wildman–Crippen MR) is 104 cm³/mol. The molecule has 2 aromatic rings. The van der Waals surface area contributed by atoms with E-state index < -0.39 is 14.6 Å². The minimum atomic E-state index is -3.83. The lowest BCUT2D eigenvalue weighted by atomic mass is 10.0. The van der Waals surface area contributed by atoms with E-state index in [1.165, 1.54) is 17.0 Å². The number of carbonyl (C=O) groups excluding carboxylic acids is 1. The van der Waals surface area contributed by atoms with Crippen LogP contribution in [0.4, 0.5) is 5.69 Å². The van der Waals surface area contributed by atoms with Crippen molar-refractivity contribution in [2.24, 2.45) is 0 Å². The summed E-state index contributed by atoms with van der Waals surface area (Å²) in [5, 5.41) is 0.465. The van der Waals surface area contributed by atoms with Gasteiger partial charge in [0.2, 0.25) is 5.91 Å². The van der Waals surface area contributed by atoms with E-state index in [9.17, 15) is 13.2 Å². The Morgan fingerprint density at radius 1 is 1.00 bits per heavy atom. The topological polar surface area (TPSA) is 54.5 Å². The van der Waals surface area contributed by atoms with Gasteiger partial charge in [0, 0.05) is 17.8 Å². The van der Waals surface area contributed by atoms with E-state index in [1.54, 1.807) is 19.2 Å². The lowest BCUT2D eigenvalue weighted by Crippen LogP contribution is -2.51. The number of nitrogens with zero attached hydrogens (tertiary/aromatic N) is 1. The normalized spacial score (nSPS) is 16.4. The molecule has 4 nitrogen and oxygen atoms in total. The van der Waals surface area contributed by atoms with Gasteiger partial charge >= 0.3 is 0 Å². The quantitative estimate of drug-likeness (QED) is 0.776. The maximum Gasteiger partial charge on any atom is 0.248 e. The number of anilines is 1. The second-order valence-corrected chi connectivity index (χ2v) is 9.55. The van der Waals surface area contributed by atoms with Crippen LogP contribution in [0.2, 0.25) is 5.02 Å². The maximum absolute atomic E-state index is 13.4. The molecule has 1 aliphatic rings. The van der Waals surface area contributed by atoms with Gasteiger partial charge in [-0.1, -0.05) is 42.1 Å². The summed E-state index contributed by atoms with van der Waals surface area (Å²) in [7, 11) is -2.18. The highest BCUT2D eigenvalue weighted by Gasteiger charge is 2.54. The summed E-state index contributed by atoms with van der Waals surface area (Å²) in [6.45, 7) is 1.97. The fourth-order valence-electron chi connectivity index (χ4n) is 3.57. The minimum Gasteiger partial charge on any atom is -0.314 e. The van der Waals surface area contributed by atoms with Crippen LogP contribution in [0.25, 0.3) is 0 Å². The number of hydrogen-bond acceptors (Lipinski definition) is 3. The summed E-state index contributed by atoms with van der Waals surface area (Å²) < 4.78 is 25.4. The van der Waals surface area contributed by atoms with E-state index >= 15 is 0 Å². The largest absolute Gasteiger partial charge is 0.314 e. The fourth-order valence-corrected chi connectivity index (χ4v) is 5.84. The summed E-state index contributed by atoms with van der Waals surface area (Å²) in [5.41, 5.74) is 1.78. The molecule has 3 rings (SSSR count). The summed E-state index contributed by atoms with van der Waals surface area (Å²) in [6.07, 6.45) is 2.13. The van der Waals surface area contributed by atoms with Gasteiger partial charge in [-0.15, -0.1) is 0 Å². The van der Waals surface area contributed by atoms with E-state index in [1.807, 2.05) is 31.2 Å². The van der Waals surface area contributed by atoms with Gasteiger partial charge in [0.25, 0.3) is 0 Å². The third-order valence-corrected chi connectivity index (χ3v) is 7.92. The van der Waals surface area contributed by atoms with Crippen LogP contribution in [0, 0.1) is 6.92 Å². The molecule has 0 spiro atoms. The maximum atomic E-state index is 13.4. The van der Waals surface area contributed by atoms with Crippen molar-refractivity contribution in [3.05, 3.63) is 59.1 Å². The first kappa shape index (κ1) is 18.9. The summed E-state index contributed by atoms with van der Waals surface area (Å²) in [5.74, 6) is -0.367. The second-order valence-electron chi connectivity index (χ2n) is 6.86. The minimum absolute atomic E-state index is 0.148. The van der Waals surface area contributed by atoms with Gasteiger partial charge < -0.3 is 4.90 Å². The Bertz CT molecular complexity index is 899. The highest BCUT2D eigenvalue weighted by molar-refractivity contribution is 7.93. The lowest BCUT2D eigenvalue weighted by molar-refractivity contribution is -0.120. The van der Waals surface area contributed by atoms with Crippen molar-refractivity contribution in [1.82, 2.24) is 0 Å².